The largest absolute Gasteiger partial charge is 0.493 e. The normalized spacial score (nSPS) is 17.3. The van der Waals surface area contributed by atoms with E-state index in [1.165, 1.54) is 56.0 Å². The monoisotopic (exact) mass is 606 g/mol. The molecule has 2 fully saturated rings. The van der Waals surface area contributed by atoms with E-state index in [0.29, 0.717) is 38.7 Å². The van der Waals surface area contributed by atoms with E-state index in [1.54, 1.807) is 35.2 Å². The lowest BCUT2D eigenvalue weighted by Crippen LogP contribution is -2.29. The second kappa shape index (κ2) is 13.3. The molecule has 0 saturated carbocycles. The lowest BCUT2D eigenvalue weighted by atomic mass is 10.1. The van der Waals surface area contributed by atoms with Crippen molar-refractivity contribution >= 4 is 57.6 Å². The van der Waals surface area contributed by atoms with Crippen LogP contribution in [0.1, 0.15) is 37.3 Å². The van der Waals surface area contributed by atoms with Gasteiger partial charge in [0.2, 0.25) is 0 Å². The minimum absolute atomic E-state index is 0.00619. The summed E-state index contributed by atoms with van der Waals surface area (Å²) in [6.07, 6.45) is 5.50. The third-order valence-corrected chi connectivity index (χ3v) is 8.37. The van der Waals surface area contributed by atoms with Gasteiger partial charge in [-0.1, -0.05) is 11.6 Å². The number of ether oxygens (including phenoxy) is 2. The van der Waals surface area contributed by atoms with Gasteiger partial charge in [-0.3, -0.25) is 19.8 Å². The fraction of sp³-hybridized carbons (Fsp3) is 0.290. The fourth-order valence-corrected chi connectivity index (χ4v) is 6.19. The van der Waals surface area contributed by atoms with Crippen molar-refractivity contribution in [3.05, 3.63) is 91.8 Å². The molecule has 3 aromatic rings. The van der Waals surface area contributed by atoms with E-state index in [4.69, 9.17) is 26.1 Å². The number of anilines is 1. The van der Waals surface area contributed by atoms with Crippen molar-refractivity contribution in [1.82, 2.24) is 4.90 Å². The van der Waals surface area contributed by atoms with Crippen LogP contribution in [0, 0.1) is 10.1 Å². The first-order valence-corrected chi connectivity index (χ1v) is 14.9. The number of non-ortho nitro benzene ring substituents is 1. The molecular formula is C31H31ClN4O5S. The molecule has 0 aromatic heterocycles. The average Bonchev–Trinajstić information content (AvgIpc) is 3.30. The molecule has 9 nitrogen and oxygen atoms in total. The Morgan fingerprint density at radius 2 is 1.79 bits per heavy atom. The van der Waals surface area contributed by atoms with Gasteiger partial charge in [-0.15, -0.1) is 0 Å². The minimum Gasteiger partial charge on any atom is -0.493 e. The molecule has 2 heterocycles. The van der Waals surface area contributed by atoms with Crippen LogP contribution >= 0.6 is 23.4 Å². The Kier molecular flexibility index (Phi) is 9.34. The van der Waals surface area contributed by atoms with Crippen molar-refractivity contribution in [1.29, 1.82) is 0 Å². The number of amides is 1. The van der Waals surface area contributed by atoms with E-state index < -0.39 is 4.92 Å². The van der Waals surface area contributed by atoms with Crippen molar-refractivity contribution in [3.63, 3.8) is 0 Å². The number of nitro groups is 1. The topological polar surface area (TPSA) is 97.5 Å². The highest BCUT2D eigenvalue weighted by molar-refractivity contribution is 8.18. The molecule has 0 radical (unpaired) electrons. The van der Waals surface area contributed by atoms with Gasteiger partial charge in [0.1, 0.15) is 6.61 Å². The number of nitro benzene ring substituents is 1. The number of hydrogen-bond acceptors (Lipinski definition) is 8. The van der Waals surface area contributed by atoms with Gasteiger partial charge in [-0.2, -0.15) is 0 Å². The standard InChI is InChI=1S/C31H31ClN4O5S/c1-3-35-30(37)28(42-31(35)33-23-9-13-24(14-10-23)34-15-5-4-6-16-34)19-22-17-26(32)29(27(18-22)40-2)41-20-21-7-11-25(12-8-21)36(38)39/h7-14,17-19H,3-6,15-16,20H2,1-2H3/b28-19-,33-31?. The molecule has 218 valence electrons. The fourth-order valence-electron chi connectivity index (χ4n) is 4.85. The lowest BCUT2D eigenvalue weighted by molar-refractivity contribution is -0.384. The van der Waals surface area contributed by atoms with E-state index >= 15 is 0 Å². The molecule has 0 unspecified atom stereocenters. The molecule has 0 bridgehead atoms. The molecule has 0 aliphatic carbocycles. The molecule has 11 heteroatoms. The van der Waals surface area contributed by atoms with E-state index in [1.807, 2.05) is 19.1 Å². The maximum atomic E-state index is 13.3. The third-order valence-electron chi connectivity index (χ3n) is 7.08. The molecule has 42 heavy (non-hydrogen) atoms. The Bertz CT molecular complexity index is 1520. The molecule has 2 aliphatic rings. The van der Waals surface area contributed by atoms with Gasteiger partial charge >= 0.3 is 0 Å². The molecule has 5 rings (SSSR count). The number of carbonyl (C=O) groups is 1. The SMILES string of the molecule is CCN1C(=O)/C(=C/c2cc(Cl)c(OCc3ccc([N+](=O)[O-])cc3)c(OC)c2)SC1=Nc1ccc(N2CCCCC2)cc1. The third kappa shape index (κ3) is 6.71. The molecule has 0 N–H and O–H groups in total. The first-order valence-electron chi connectivity index (χ1n) is 13.7. The second-order valence-electron chi connectivity index (χ2n) is 9.86. The Morgan fingerprint density at radius 1 is 1.07 bits per heavy atom. The van der Waals surface area contributed by atoms with E-state index in [2.05, 4.69) is 17.0 Å². The van der Waals surface area contributed by atoms with E-state index in [0.717, 1.165) is 24.3 Å². The van der Waals surface area contributed by atoms with Crippen LogP contribution in [0.3, 0.4) is 0 Å². The van der Waals surface area contributed by atoms with Crippen LogP contribution in [0.5, 0.6) is 11.5 Å². The van der Waals surface area contributed by atoms with Gasteiger partial charge in [0.05, 0.1) is 27.6 Å². The highest BCUT2D eigenvalue weighted by atomic mass is 35.5. The number of thioether (sulfide) groups is 1. The Labute approximate surface area is 253 Å². The van der Waals surface area contributed by atoms with Crippen molar-refractivity contribution in [2.45, 2.75) is 32.8 Å². The number of nitrogens with zero attached hydrogens (tertiary/aromatic N) is 4. The Morgan fingerprint density at radius 3 is 2.43 bits per heavy atom. The minimum atomic E-state index is -0.451. The molecule has 2 aliphatic heterocycles. The van der Waals surface area contributed by atoms with Crippen LogP contribution in [0.25, 0.3) is 6.08 Å². The predicted molar refractivity (Wildman–Crippen MR) is 168 cm³/mol. The summed E-state index contributed by atoms with van der Waals surface area (Å²) in [5, 5.41) is 11.8. The quantitative estimate of drug-likeness (QED) is 0.142. The molecule has 2 saturated heterocycles. The number of likely N-dealkylation sites (N-methyl/N-ethyl adjacent to an activating group) is 1. The molecule has 1 amide bonds. The Balaban J connectivity index is 1.32. The number of piperidine rings is 1. The highest BCUT2D eigenvalue weighted by Gasteiger charge is 2.32. The molecular weight excluding hydrogens is 576 g/mol. The number of aliphatic imine (C=N–C) groups is 1. The number of methoxy groups -OCH3 is 1. The molecule has 0 spiro atoms. The second-order valence-corrected chi connectivity index (χ2v) is 11.3. The summed E-state index contributed by atoms with van der Waals surface area (Å²) in [6, 6.07) is 17.7. The van der Waals surface area contributed by atoms with Crippen LogP contribution in [0.2, 0.25) is 5.02 Å². The van der Waals surface area contributed by atoms with Gasteiger partial charge in [0.25, 0.3) is 11.6 Å². The van der Waals surface area contributed by atoms with Gasteiger partial charge in [0.15, 0.2) is 16.7 Å². The van der Waals surface area contributed by atoms with Gasteiger partial charge in [-0.05, 0) is 104 Å². The summed E-state index contributed by atoms with van der Waals surface area (Å²) in [6.45, 7) is 4.73. The maximum absolute atomic E-state index is 13.3. The van der Waals surface area contributed by atoms with Crippen LogP contribution in [0.15, 0.2) is 70.6 Å². The number of halogens is 1. The van der Waals surface area contributed by atoms with Crippen molar-refractivity contribution in [2.75, 3.05) is 31.6 Å². The summed E-state index contributed by atoms with van der Waals surface area (Å²) < 4.78 is 11.4. The van der Waals surface area contributed by atoms with Crippen LogP contribution < -0.4 is 14.4 Å². The zero-order chi connectivity index (χ0) is 29.6. The first kappa shape index (κ1) is 29.5. The maximum Gasteiger partial charge on any atom is 0.269 e. The smallest absolute Gasteiger partial charge is 0.269 e. The van der Waals surface area contributed by atoms with Gasteiger partial charge in [-0.25, -0.2) is 4.99 Å². The van der Waals surface area contributed by atoms with E-state index in [9.17, 15) is 14.9 Å². The number of carbonyl (C=O) groups excluding carboxylic acids is 1. The van der Waals surface area contributed by atoms with E-state index in [-0.39, 0.29) is 18.2 Å². The summed E-state index contributed by atoms with van der Waals surface area (Å²) in [5.74, 6) is 0.622. The summed E-state index contributed by atoms with van der Waals surface area (Å²) in [5.41, 5.74) is 3.42. The average molecular weight is 607 g/mol. The number of rotatable bonds is 9. The summed E-state index contributed by atoms with van der Waals surface area (Å²) in [7, 11) is 1.51. The van der Waals surface area contributed by atoms with Gasteiger partial charge in [0, 0.05) is 37.5 Å². The first-order chi connectivity index (χ1) is 20.4. The molecule has 3 aromatic carbocycles. The number of amidine groups is 1. The van der Waals surface area contributed by atoms with Crippen molar-refractivity contribution < 1.29 is 19.2 Å². The highest BCUT2D eigenvalue weighted by Crippen LogP contribution is 2.40. The lowest BCUT2D eigenvalue weighted by Gasteiger charge is -2.28. The summed E-state index contributed by atoms with van der Waals surface area (Å²) >= 11 is 7.90. The summed E-state index contributed by atoms with van der Waals surface area (Å²) in [4.78, 5) is 33.1. The zero-order valence-corrected chi connectivity index (χ0v) is 25.0. The van der Waals surface area contributed by atoms with Gasteiger partial charge < -0.3 is 14.4 Å². The zero-order valence-electron chi connectivity index (χ0n) is 23.4. The van der Waals surface area contributed by atoms with Crippen molar-refractivity contribution in [3.8, 4) is 11.5 Å². The predicted octanol–water partition coefficient (Wildman–Crippen LogP) is 7.45. The van der Waals surface area contributed by atoms with Crippen LogP contribution in [-0.2, 0) is 11.4 Å². The molecule has 0 atom stereocenters. The number of benzene rings is 3. The van der Waals surface area contributed by atoms with Crippen LogP contribution in [0.4, 0.5) is 17.1 Å². The number of hydrogen-bond donors (Lipinski definition) is 0. The van der Waals surface area contributed by atoms with Crippen LogP contribution in [-0.4, -0.2) is 47.6 Å². The van der Waals surface area contributed by atoms with Crippen molar-refractivity contribution in [2.24, 2.45) is 4.99 Å². The Hall–Kier alpha value is -4.02.